The Morgan fingerprint density at radius 1 is 1.30 bits per heavy atom. The summed E-state index contributed by atoms with van der Waals surface area (Å²) in [5.41, 5.74) is 0.916. The van der Waals surface area contributed by atoms with E-state index in [-0.39, 0.29) is 0 Å². The molecular formula is C15H18N2O2S. The summed E-state index contributed by atoms with van der Waals surface area (Å²) < 4.78 is 6.25. The van der Waals surface area contributed by atoms with Gasteiger partial charge < -0.3 is 9.94 Å². The van der Waals surface area contributed by atoms with Crippen LogP contribution in [0.1, 0.15) is 48.7 Å². The number of rotatable bonds is 4. The first-order chi connectivity index (χ1) is 9.83. The first-order valence-corrected chi connectivity index (χ1v) is 7.96. The van der Waals surface area contributed by atoms with Crippen LogP contribution in [0.4, 0.5) is 0 Å². The Labute approximate surface area is 122 Å². The molecule has 0 saturated heterocycles. The molecule has 5 heteroatoms. The van der Waals surface area contributed by atoms with Gasteiger partial charge in [0.15, 0.2) is 6.20 Å². The van der Waals surface area contributed by atoms with Crippen LogP contribution in [0.15, 0.2) is 29.8 Å². The Morgan fingerprint density at radius 2 is 2.15 bits per heavy atom. The molecule has 106 valence electrons. The predicted octanol–water partition coefficient (Wildman–Crippen LogP) is 3.40. The smallest absolute Gasteiger partial charge is 0.379 e. The summed E-state index contributed by atoms with van der Waals surface area (Å²) in [6, 6.07) is 5.14. The highest BCUT2D eigenvalue weighted by Crippen LogP contribution is 2.34. The molecule has 0 aromatic carbocycles. The summed E-state index contributed by atoms with van der Waals surface area (Å²) >= 11 is 1.72. The van der Waals surface area contributed by atoms with Gasteiger partial charge in [0.1, 0.15) is 6.61 Å². The Bertz CT molecular complexity index is 565. The quantitative estimate of drug-likeness (QED) is 0.640. The van der Waals surface area contributed by atoms with Crippen LogP contribution in [0.5, 0.6) is 5.88 Å². The molecule has 1 saturated carbocycles. The van der Waals surface area contributed by atoms with E-state index < -0.39 is 0 Å². The molecule has 0 bridgehead atoms. The van der Waals surface area contributed by atoms with Crippen molar-refractivity contribution in [1.82, 2.24) is 4.98 Å². The van der Waals surface area contributed by atoms with Crippen molar-refractivity contribution in [2.24, 2.45) is 0 Å². The lowest BCUT2D eigenvalue weighted by Gasteiger charge is -2.18. The lowest BCUT2D eigenvalue weighted by molar-refractivity contribution is -0.613. The zero-order chi connectivity index (χ0) is 13.8. The number of ether oxygens (including phenoxy) is 1. The van der Waals surface area contributed by atoms with Crippen LogP contribution in [0.3, 0.4) is 0 Å². The van der Waals surface area contributed by atoms with Crippen LogP contribution in [-0.2, 0) is 6.61 Å². The van der Waals surface area contributed by atoms with Crippen molar-refractivity contribution in [3.63, 3.8) is 0 Å². The summed E-state index contributed by atoms with van der Waals surface area (Å²) in [6.45, 7) is 0.357. The number of hydrogen-bond acceptors (Lipinski definition) is 4. The summed E-state index contributed by atoms with van der Waals surface area (Å²) in [5, 5.41) is 14.7. The van der Waals surface area contributed by atoms with E-state index in [1.165, 1.54) is 43.3 Å². The highest BCUT2D eigenvalue weighted by atomic mass is 32.1. The van der Waals surface area contributed by atoms with Crippen molar-refractivity contribution < 1.29 is 9.47 Å². The average molecular weight is 290 g/mol. The molecule has 0 amide bonds. The largest absolute Gasteiger partial charge is 0.616 e. The zero-order valence-corrected chi connectivity index (χ0v) is 12.1. The van der Waals surface area contributed by atoms with E-state index in [1.807, 2.05) is 5.38 Å². The molecule has 4 nitrogen and oxygen atoms in total. The molecule has 20 heavy (non-hydrogen) atoms. The van der Waals surface area contributed by atoms with E-state index in [2.05, 4.69) is 4.98 Å². The van der Waals surface area contributed by atoms with Crippen molar-refractivity contribution in [3.8, 4) is 5.88 Å². The topological polar surface area (TPSA) is 49.1 Å². The van der Waals surface area contributed by atoms with Gasteiger partial charge in [-0.1, -0.05) is 19.3 Å². The number of thiazole rings is 1. The van der Waals surface area contributed by atoms with Crippen molar-refractivity contribution in [3.05, 3.63) is 45.7 Å². The molecule has 0 aliphatic heterocycles. The van der Waals surface area contributed by atoms with Gasteiger partial charge in [-0.3, -0.25) is 0 Å². The Hall–Kier alpha value is -1.62. The van der Waals surface area contributed by atoms with Gasteiger partial charge in [-0.2, -0.15) is 0 Å². The molecule has 0 radical (unpaired) electrons. The molecule has 2 aromatic heterocycles. The number of nitrogens with zero attached hydrogens (tertiary/aromatic N) is 2. The minimum Gasteiger partial charge on any atom is -0.616 e. The molecule has 2 aromatic rings. The van der Waals surface area contributed by atoms with Gasteiger partial charge in [0.2, 0.25) is 0 Å². The highest BCUT2D eigenvalue weighted by molar-refractivity contribution is 7.09. The van der Waals surface area contributed by atoms with E-state index in [9.17, 15) is 5.21 Å². The molecule has 0 atom stereocenters. The monoisotopic (exact) mass is 290 g/mol. The van der Waals surface area contributed by atoms with Crippen molar-refractivity contribution in [1.29, 1.82) is 0 Å². The van der Waals surface area contributed by atoms with Crippen molar-refractivity contribution in [2.75, 3.05) is 0 Å². The molecule has 3 rings (SSSR count). The molecule has 0 N–H and O–H groups in total. The first-order valence-electron chi connectivity index (χ1n) is 7.08. The second-order valence-corrected chi connectivity index (χ2v) is 6.06. The minimum absolute atomic E-state index is 0.319. The Kier molecular flexibility index (Phi) is 4.16. The third kappa shape index (κ3) is 3.10. The van der Waals surface area contributed by atoms with Gasteiger partial charge in [-0.25, -0.2) is 4.98 Å². The normalized spacial score (nSPS) is 16.2. The third-order valence-corrected chi connectivity index (χ3v) is 4.74. The molecule has 0 unspecified atom stereocenters. The summed E-state index contributed by atoms with van der Waals surface area (Å²) in [7, 11) is 0. The predicted molar refractivity (Wildman–Crippen MR) is 77.7 cm³/mol. The molecule has 1 fully saturated rings. The summed E-state index contributed by atoms with van der Waals surface area (Å²) in [6.07, 6.45) is 7.94. The van der Waals surface area contributed by atoms with Crippen molar-refractivity contribution >= 4 is 11.3 Å². The van der Waals surface area contributed by atoms with Gasteiger partial charge in [0, 0.05) is 17.4 Å². The summed E-state index contributed by atoms with van der Waals surface area (Å²) in [4.78, 5) is 4.66. The fourth-order valence-corrected chi connectivity index (χ4v) is 3.57. The second-order valence-electron chi connectivity index (χ2n) is 5.17. The maximum absolute atomic E-state index is 11.5. The van der Waals surface area contributed by atoms with Gasteiger partial charge in [-0.05, 0) is 18.9 Å². The maximum Gasteiger partial charge on any atom is 0.379 e. The minimum atomic E-state index is 0.319. The van der Waals surface area contributed by atoms with Crippen LogP contribution in [-0.4, -0.2) is 4.98 Å². The van der Waals surface area contributed by atoms with Gasteiger partial charge in [-0.15, -0.1) is 16.1 Å². The van der Waals surface area contributed by atoms with Gasteiger partial charge in [0.05, 0.1) is 16.8 Å². The fraction of sp³-hybridized carbons (Fsp3) is 0.467. The molecule has 2 heterocycles. The SMILES string of the molecule is [O-][n+]1ccccc1OCc1csc(C2CCCCC2)n1. The summed E-state index contributed by atoms with van der Waals surface area (Å²) in [5.74, 6) is 0.948. The second kappa shape index (κ2) is 6.22. The van der Waals surface area contributed by atoms with E-state index in [4.69, 9.17) is 4.74 Å². The van der Waals surface area contributed by atoms with Crippen LogP contribution in [0.2, 0.25) is 0 Å². The van der Waals surface area contributed by atoms with Crippen molar-refractivity contribution in [2.45, 2.75) is 44.6 Å². The van der Waals surface area contributed by atoms with E-state index >= 15 is 0 Å². The zero-order valence-electron chi connectivity index (χ0n) is 11.3. The van der Waals surface area contributed by atoms with Gasteiger partial charge >= 0.3 is 5.88 Å². The molecular weight excluding hydrogens is 272 g/mol. The number of aromatic nitrogens is 2. The van der Waals surface area contributed by atoms with Gasteiger partial charge in [0.25, 0.3) is 0 Å². The van der Waals surface area contributed by atoms with E-state index in [0.29, 0.717) is 18.4 Å². The molecule has 1 aliphatic carbocycles. The van der Waals surface area contributed by atoms with E-state index in [1.54, 1.807) is 29.5 Å². The fourth-order valence-electron chi connectivity index (χ4n) is 2.60. The highest BCUT2D eigenvalue weighted by Gasteiger charge is 2.19. The average Bonchev–Trinajstić information content (AvgIpc) is 2.96. The molecule has 0 spiro atoms. The van der Waals surface area contributed by atoms with E-state index in [0.717, 1.165) is 10.4 Å². The number of hydrogen-bond donors (Lipinski definition) is 0. The standard InChI is InChI=1S/C15H18N2O2S/c18-17-9-5-4-8-14(17)19-10-13-11-20-15(16-13)12-6-2-1-3-7-12/h4-5,8-9,11-12H,1-3,6-7,10H2. The Balaban J connectivity index is 1.61. The van der Waals surface area contributed by atoms with Crippen LogP contribution in [0, 0.1) is 5.21 Å². The van der Waals surface area contributed by atoms with Crippen LogP contribution < -0.4 is 9.47 Å². The lowest BCUT2D eigenvalue weighted by Crippen LogP contribution is -2.27. The Morgan fingerprint density at radius 3 is 2.95 bits per heavy atom. The molecule has 1 aliphatic rings. The first kappa shape index (κ1) is 13.4. The maximum atomic E-state index is 11.5. The van der Waals surface area contributed by atoms with Crippen LogP contribution in [0.25, 0.3) is 0 Å². The third-order valence-electron chi connectivity index (χ3n) is 3.68. The lowest BCUT2D eigenvalue weighted by atomic mass is 9.90. The number of pyridine rings is 1. The van der Waals surface area contributed by atoms with Crippen LogP contribution >= 0.6 is 11.3 Å².